The van der Waals surface area contributed by atoms with Crippen molar-refractivity contribution in [3.05, 3.63) is 81.7 Å². The highest BCUT2D eigenvalue weighted by atomic mass is 32.1. The second-order valence-corrected chi connectivity index (χ2v) is 8.94. The Kier molecular flexibility index (Phi) is 7.27. The number of esters is 2. The minimum Gasteiger partial charge on any atom is -0.507 e. The van der Waals surface area contributed by atoms with Crippen molar-refractivity contribution in [1.29, 1.82) is 0 Å². The average molecular weight is 480 g/mol. The number of carbonyl (C=O) groups excluding carboxylic acids is 3. The normalized spacial score (nSPS) is 13.4. The molecule has 0 radical (unpaired) electrons. The van der Waals surface area contributed by atoms with E-state index in [1.165, 1.54) is 23.5 Å². The molecule has 1 aliphatic rings. The number of hydrogen-bond acceptors (Lipinski definition) is 7. The highest BCUT2D eigenvalue weighted by Crippen LogP contribution is 2.39. The molecule has 2 aromatic carbocycles. The number of ether oxygens (including phenoxy) is 2. The largest absolute Gasteiger partial charge is 0.507 e. The van der Waals surface area contributed by atoms with E-state index in [4.69, 9.17) is 9.47 Å². The number of hydrogen-bond donors (Lipinski definition) is 2. The van der Waals surface area contributed by atoms with Crippen molar-refractivity contribution in [3.63, 3.8) is 0 Å². The lowest BCUT2D eigenvalue weighted by atomic mass is 9.95. The Morgan fingerprint density at radius 1 is 1.00 bits per heavy atom. The van der Waals surface area contributed by atoms with Crippen molar-refractivity contribution in [2.45, 2.75) is 38.7 Å². The van der Waals surface area contributed by atoms with Gasteiger partial charge in [-0.25, -0.2) is 9.59 Å². The molecule has 7 nitrogen and oxygen atoms in total. The van der Waals surface area contributed by atoms with Crippen LogP contribution in [0.2, 0.25) is 0 Å². The van der Waals surface area contributed by atoms with Crippen molar-refractivity contribution in [2.75, 3.05) is 11.9 Å². The summed E-state index contributed by atoms with van der Waals surface area (Å²) in [6.07, 6.45) is 2.29. The summed E-state index contributed by atoms with van der Waals surface area (Å²) >= 11 is 1.36. The molecule has 0 aliphatic heterocycles. The van der Waals surface area contributed by atoms with Crippen LogP contribution in [0, 0.1) is 0 Å². The summed E-state index contributed by atoms with van der Waals surface area (Å²) in [5.41, 5.74) is 1.72. The Morgan fingerprint density at radius 3 is 2.44 bits per heavy atom. The molecule has 1 amide bonds. The standard InChI is InChI=1S/C26H25NO6S/c1-2-32-26(31)21-18-13-7-9-15-20(18)34-24(21)27-23(29)22(16-10-4-3-5-11-16)33-25(30)17-12-6-8-14-19(17)28/h3-6,8,10-12,14,22,28H,2,7,9,13,15H2,1H3,(H,27,29)/t22-/m0/s1. The molecule has 1 aromatic heterocycles. The lowest BCUT2D eigenvalue weighted by Crippen LogP contribution is -2.26. The summed E-state index contributed by atoms with van der Waals surface area (Å²) in [6, 6.07) is 14.6. The van der Waals surface area contributed by atoms with Crippen molar-refractivity contribution in [3.8, 4) is 5.75 Å². The maximum absolute atomic E-state index is 13.4. The molecule has 0 fully saturated rings. The fraction of sp³-hybridized carbons (Fsp3) is 0.269. The van der Waals surface area contributed by atoms with E-state index in [9.17, 15) is 19.5 Å². The number of thiophene rings is 1. The number of amides is 1. The number of phenolic OH excluding ortho intramolecular Hbond substituents is 1. The zero-order chi connectivity index (χ0) is 24.1. The van der Waals surface area contributed by atoms with Crippen LogP contribution in [0.15, 0.2) is 54.6 Å². The second kappa shape index (κ2) is 10.5. The van der Waals surface area contributed by atoms with E-state index in [0.717, 1.165) is 36.1 Å². The molecule has 1 heterocycles. The van der Waals surface area contributed by atoms with Crippen LogP contribution < -0.4 is 5.32 Å². The Bertz CT molecular complexity index is 1200. The number of aryl methyl sites for hydroxylation is 1. The zero-order valence-electron chi connectivity index (χ0n) is 18.7. The van der Waals surface area contributed by atoms with Crippen molar-refractivity contribution >= 4 is 34.2 Å². The number of aromatic hydroxyl groups is 1. The van der Waals surface area contributed by atoms with Gasteiger partial charge in [0, 0.05) is 10.4 Å². The van der Waals surface area contributed by atoms with Gasteiger partial charge in [0.25, 0.3) is 5.91 Å². The minimum absolute atomic E-state index is 0.0463. The average Bonchev–Trinajstić information content (AvgIpc) is 3.21. The van der Waals surface area contributed by atoms with Crippen LogP contribution in [0.3, 0.4) is 0 Å². The van der Waals surface area contributed by atoms with E-state index < -0.39 is 23.9 Å². The van der Waals surface area contributed by atoms with Crippen molar-refractivity contribution in [2.24, 2.45) is 0 Å². The first-order valence-electron chi connectivity index (χ1n) is 11.2. The second-order valence-electron chi connectivity index (χ2n) is 7.84. The van der Waals surface area contributed by atoms with Gasteiger partial charge in [0.1, 0.15) is 16.3 Å². The van der Waals surface area contributed by atoms with E-state index in [1.54, 1.807) is 49.4 Å². The number of carbonyl (C=O) groups is 3. The van der Waals surface area contributed by atoms with Gasteiger partial charge in [-0.05, 0) is 50.3 Å². The first-order valence-corrected chi connectivity index (χ1v) is 12.0. The monoisotopic (exact) mass is 479 g/mol. The van der Waals surface area contributed by atoms with Crippen LogP contribution in [0.4, 0.5) is 5.00 Å². The fourth-order valence-electron chi connectivity index (χ4n) is 3.97. The first-order chi connectivity index (χ1) is 16.5. The Balaban J connectivity index is 1.65. The van der Waals surface area contributed by atoms with Gasteiger partial charge in [0.15, 0.2) is 0 Å². The third kappa shape index (κ3) is 4.97. The molecule has 0 unspecified atom stereocenters. The SMILES string of the molecule is CCOC(=O)c1c(NC(=O)[C@@H](OC(=O)c2ccccc2O)c2ccccc2)sc2c1CCCC2. The van der Waals surface area contributed by atoms with Gasteiger partial charge in [-0.15, -0.1) is 11.3 Å². The van der Waals surface area contributed by atoms with Crippen molar-refractivity contribution in [1.82, 2.24) is 0 Å². The molecule has 2 N–H and O–H groups in total. The summed E-state index contributed by atoms with van der Waals surface area (Å²) in [7, 11) is 0. The van der Waals surface area contributed by atoms with Gasteiger partial charge < -0.3 is 19.9 Å². The predicted octanol–water partition coefficient (Wildman–Crippen LogP) is 5.05. The summed E-state index contributed by atoms with van der Waals surface area (Å²) < 4.78 is 10.8. The molecule has 0 bridgehead atoms. The molecule has 4 rings (SSSR count). The van der Waals surface area contributed by atoms with Gasteiger partial charge in [-0.3, -0.25) is 4.79 Å². The lowest BCUT2D eigenvalue weighted by molar-refractivity contribution is -0.125. The quantitative estimate of drug-likeness (QED) is 0.460. The van der Waals surface area contributed by atoms with Crippen LogP contribution in [0.5, 0.6) is 5.75 Å². The Hall–Kier alpha value is -3.65. The number of nitrogens with one attached hydrogen (secondary N) is 1. The molecule has 1 aliphatic carbocycles. The van der Waals surface area contributed by atoms with Gasteiger partial charge >= 0.3 is 11.9 Å². The maximum atomic E-state index is 13.4. The molecule has 1 atom stereocenters. The molecule has 34 heavy (non-hydrogen) atoms. The Labute approximate surface area is 201 Å². The maximum Gasteiger partial charge on any atom is 0.343 e. The molecule has 0 saturated heterocycles. The summed E-state index contributed by atoms with van der Waals surface area (Å²) in [5.74, 6) is -2.15. The van der Waals surface area contributed by atoms with Gasteiger partial charge in [0.05, 0.1) is 12.2 Å². The number of phenols is 1. The molecule has 176 valence electrons. The number of anilines is 1. The highest BCUT2D eigenvalue weighted by molar-refractivity contribution is 7.17. The van der Waals surface area contributed by atoms with Crippen LogP contribution >= 0.6 is 11.3 Å². The number of para-hydroxylation sites is 1. The first kappa shape index (κ1) is 23.5. The molecule has 3 aromatic rings. The molecule has 0 saturated carbocycles. The topological polar surface area (TPSA) is 102 Å². The van der Waals surface area contributed by atoms with Gasteiger partial charge in [0.2, 0.25) is 6.10 Å². The van der Waals surface area contributed by atoms with E-state index in [-0.39, 0.29) is 17.9 Å². The number of rotatable bonds is 7. The smallest absolute Gasteiger partial charge is 0.343 e. The fourth-order valence-corrected chi connectivity index (χ4v) is 5.25. The third-order valence-corrected chi connectivity index (χ3v) is 6.78. The highest BCUT2D eigenvalue weighted by Gasteiger charge is 2.31. The molecule has 8 heteroatoms. The molecule has 0 spiro atoms. The van der Waals surface area contributed by atoms with Crippen LogP contribution in [-0.4, -0.2) is 29.6 Å². The minimum atomic E-state index is -1.29. The summed E-state index contributed by atoms with van der Waals surface area (Å²) in [6.45, 7) is 1.96. The zero-order valence-corrected chi connectivity index (χ0v) is 19.5. The van der Waals surface area contributed by atoms with Crippen LogP contribution in [0.25, 0.3) is 0 Å². The van der Waals surface area contributed by atoms with Gasteiger partial charge in [-0.2, -0.15) is 0 Å². The number of fused-ring (bicyclic) bond motifs is 1. The van der Waals surface area contributed by atoms with E-state index >= 15 is 0 Å². The third-order valence-electron chi connectivity index (χ3n) is 5.58. The van der Waals surface area contributed by atoms with Crippen LogP contribution in [0.1, 0.15) is 62.6 Å². The van der Waals surface area contributed by atoms with E-state index in [0.29, 0.717) is 16.1 Å². The van der Waals surface area contributed by atoms with E-state index in [2.05, 4.69) is 5.32 Å². The van der Waals surface area contributed by atoms with Crippen LogP contribution in [-0.2, 0) is 27.1 Å². The van der Waals surface area contributed by atoms with Gasteiger partial charge in [-0.1, -0.05) is 42.5 Å². The molecular weight excluding hydrogens is 454 g/mol. The summed E-state index contributed by atoms with van der Waals surface area (Å²) in [4.78, 5) is 40.0. The summed E-state index contributed by atoms with van der Waals surface area (Å²) in [5, 5.41) is 13.2. The van der Waals surface area contributed by atoms with Crippen molar-refractivity contribution < 1.29 is 29.0 Å². The number of benzene rings is 2. The predicted molar refractivity (Wildman–Crippen MR) is 128 cm³/mol. The lowest BCUT2D eigenvalue weighted by Gasteiger charge is -2.18. The molecular formula is C26H25NO6S. The van der Waals surface area contributed by atoms with E-state index in [1.807, 2.05) is 0 Å². The Morgan fingerprint density at radius 2 is 1.71 bits per heavy atom.